The van der Waals surface area contributed by atoms with Crippen LogP contribution < -0.4 is 14.8 Å². The van der Waals surface area contributed by atoms with Gasteiger partial charge in [-0.2, -0.15) is 4.98 Å². The van der Waals surface area contributed by atoms with Gasteiger partial charge in [0, 0.05) is 25.7 Å². The van der Waals surface area contributed by atoms with Crippen molar-refractivity contribution in [2.75, 3.05) is 32.9 Å². The number of nitrogens with one attached hydrogen (secondary N) is 1. The predicted molar refractivity (Wildman–Crippen MR) is 135 cm³/mol. The number of aromatic nitrogens is 3. The fraction of sp³-hybridized carbons (Fsp3) is 0.519. The zero-order chi connectivity index (χ0) is 25.2. The number of aryl methyl sites for hydroxylation is 3. The van der Waals surface area contributed by atoms with Gasteiger partial charge in [-0.25, -0.2) is 4.98 Å². The summed E-state index contributed by atoms with van der Waals surface area (Å²) in [5.41, 5.74) is 2.94. The smallest absolute Gasteiger partial charge is 0.263 e. The highest BCUT2D eigenvalue weighted by atomic mass is 16.5. The van der Waals surface area contributed by atoms with Crippen molar-refractivity contribution in [2.24, 2.45) is 5.92 Å². The summed E-state index contributed by atoms with van der Waals surface area (Å²) < 4.78 is 17.4. The predicted octanol–water partition coefficient (Wildman–Crippen LogP) is 3.12. The van der Waals surface area contributed by atoms with Crippen LogP contribution in [0.4, 0.5) is 0 Å². The molecule has 0 aliphatic heterocycles. The molecule has 1 atom stereocenters. The van der Waals surface area contributed by atoms with Gasteiger partial charge in [-0.05, 0) is 61.4 Å². The van der Waals surface area contributed by atoms with Crippen molar-refractivity contribution in [3.8, 4) is 23.1 Å². The maximum atomic E-state index is 9.34. The number of ether oxygens (including phenoxy) is 2. The average molecular weight is 497 g/mol. The summed E-state index contributed by atoms with van der Waals surface area (Å²) in [5.74, 6) is 3.04. The Balaban J connectivity index is 1.27. The van der Waals surface area contributed by atoms with E-state index >= 15 is 0 Å². The molecule has 1 aromatic carbocycles. The van der Waals surface area contributed by atoms with Gasteiger partial charge in [0.25, 0.3) is 5.89 Å². The van der Waals surface area contributed by atoms with E-state index in [1.807, 2.05) is 31.2 Å². The summed E-state index contributed by atoms with van der Waals surface area (Å²) in [5, 5.41) is 25.4. The fourth-order valence-electron chi connectivity index (χ4n) is 4.36. The summed E-state index contributed by atoms with van der Waals surface area (Å²) in [6.07, 6.45) is 7.39. The second-order valence-corrected chi connectivity index (χ2v) is 9.32. The number of aliphatic hydroxyl groups is 2. The summed E-state index contributed by atoms with van der Waals surface area (Å²) in [4.78, 5) is 8.98. The average Bonchev–Trinajstić information content (AvgIpc) is 3.59. The van der Waals surface area contributed by atoms with Gasteiger partial charge in [-0.3, -0.25) is 0 Å². The third-order valence-electron chi connectivity index (χ3n) is 6.40. The van der Waals surface area contributed by atoms with Gasteiger partial charge in [-0.15, -0.1) is 0 Å². The lowest BCUT2D eigenvalue weighted by Gasteiger charge is -2.12. The largest absolute Gasteiger partial charge is 0.492 e. The van der Waals surface area contributed by atoms with Crippen molar-refractivity contribution in [1.29, 1.82) is 0 Å². The van der Waals surface area contributed by atoms with Gasteiger partial charge in [-0.1, -0.05) is 30.1 Å². The van der Waals surface area contributed by atoms with Crippen molar-refractivity contribution in [3.63, 3.8) is 0 Å². The highest BCUT2D eigenvalue weighted by molar-refractivity contribution is 5.59. The van der Waals surface area contributed by atoms with Crippen molar-refractivity contribution in [1.82, 2.24) is 20.4 Å². The summed E-state index contributed by atoms with van der Waals surface area (Å²) in [6.45, 7) is 3.84. The van der Waals surface area contributed by atoms with Crippen LogP contribution in [0.3, 0.4) is 0 Å². The molecule has 2 heterocycles. The van der Waals surface area contributed by atoms with Crippen LogP contribution >= 0.6 is 0 Å². The topological polar surface area (TPSA) is 123 Å². The minimum absolute atomic E-state index is 0.251. The molecule has 36 heavy (non-hydrogen) atoms. The maximum absolute atomic E-state index is 9.34. The minimum atomic E-state index is -0.748. The van der Waals surface area contributed by atoms with E-state index < -0.39 is 6.10 Å². The monoisotopic (exact) mass is 496 g/mol. The number of nitrogens with zero attached hydrogens (tertiary/aromatic N) is 3. The van der Waals surface area contributed by atoms with Crippen molar-refractivity contribution in [2.45, 2.75) is 51.6 Å². The Hall–Kier alpha value is -3.01. The lowest BCUT2D eigenvalue weighted by Crippen LogP contribution is -2.32. The van der Waals surface area contributed by atoms with Gasteiger partial charge >= 0.3 is 0 Å². The molecule has 0 radical (unpaired) electrons. The van der Waals surface area contributed by atoms with E-state index in [0.29, 0.717) is 56.2 Å². The van der Waals surface area contributed by atoms with E-state index in [4.69, 9.17) is 19.1 Å². The van der Waals surface area contributed by atoms with Crippen LogP contribution in [0.25, 0.3) is 11.5 Å². The lowest BCUT2D eigenvalue weighted by atomic mass is 10.1. The number of hydrogen-bond acceptors (Lipinski definition) is 9. The van der Waals surface area contributed by atoms with Gasteiger partial charge < -0.3 is 29.5 Å². The minimum Gasteiger partial charge on any atom is -0.492 e. The van der Waals surface area contributed by atoms with E-state index in [0.717, 1.165) is 28.9 Å². The molecule has 194 valence electrons. The zero-order valence-electron chi connectivity index (χ0n) is 20.9. The summed E-state index contributed by atoms with van der Waals surface area (Å²) in [7, 11) is 0. The van der Waals surface area contributed by atoms with Crippen LogP contribution in [0, 0.1) is 12.8 Å². The number of benzene rings is 1. The van der Waals surface area contributed by atoms with Gasteiger partial charge in [0.1, 0.15) is 17.9 Å². The molecule has 0 bridgehead atoms. The standard InChI is InChI=1S/C27H36N4O5/c1-19-15-20(8-10-24(19)34-14-13-28-16-22(33)17-32)9-11-25-30-27(36-31-25)23-7-4-12-29-26(23)35-18-21-5-2-3-6-21/h4,7-8,10,12,15,21-22,28,32-33H,2-3,5-6,9,11,13-14,16-18H2,1H3. The molecular formula is C27H36N4O5. The Morgan fingerprint density at radius 3 is 2.83 bits per heavy atom. The first kappa shape index (κ1) is 26.1. The molecule has 4 rings (SSSR count). The first-order valence-electron chi connectivity index (χ1n) is 12.7. The first-order chi connectivity index (χ1) is 17.6. The van der Waals surface area contributed by atoms with Crippen LogP contribution in [0.1, 0.15) is 42.6 Å². The molecule has 1 aliphatic carbocycles. The van der Waals surface area contributed by atoms with Crippen LogP contribution in [0.2, 0.25) is 0 Å². The van der Waals surface area contributed by atoms with E-state index in [1.165, 1.54) is 25.7 Å². The van der Waals surface area contributed by atoms with Crippen LogP contribution in [0.15, 0.2) is 41.1 Å². The molecule has 1 unspecified atom stereocenters. The molecule has 9 nitrogen and oxygen atoms in total. The molecule has 1 saturated carbocycles. The quantitative estimate of drug-likeness (QED) is 0.289. The Morgan fingerprint density at radius 1 is 1.17 bits per heavy atom. The molecule has 9 heteroatoms. The Morgan fingerprint density at radius 2 is 2.03 bits per heavy atom. The number of aliphatic hydroxyl groups excluding tert-OH is 2. The second kappa shape index (κ2) is 13.3. The maximum Gasteiger partial charge on any atom is 0.263 e. The van der Waals surface area contributed by atoms with Crippen molar-refractivity contribution in [3.05, 3.63) is 53.5 Å². The first-order valence-corrected chi connectivity index (χ1v) is 12.7. The molecule has 1 fully saturated rings. The third kappa shape index (κ3) is 7.49. The fourth-order valence-corrected chi connectivity index (χ4v) is 4.36. The van der Waals surface area contributed by atoms with Crippen LogP contribution in [-0.2, 0) is 12.8 Å². The van der Waals surface area contributed by atoms with Gasteiger partial charge in [0.2, 0.25) is 5.88 Å². The molecule has 3 N–H and O–H groups in total. The normalized spacial score (nSPS) is 14.8. The Kier molecular flexibility index (Phi) is 9.66. The van der Waals surface area contributed by atoms with E-state index in [1.54, 1.807) is 6.20 Å². The second-order valence-electron chi connectivity index (χ2n) is 9.32. The summed E-state index contributed by atoms with van der Waals surface area (Å²) >= 11 is 0. The number of pyridine rings is 1. The van der Waals surface area contributed by atoms with Crippen molar-refractivity contribution < 1.29 is 24.2 Å². The van der Waals surface area contributed by atoms with Gasteiger partial charge in [0.05, 0.1) is 19.3 Å². The van der Waals surface area contributed by atoms with Crippen LogP contribution in [0.5, 0.6) is 11.6 Å². The lowest BCUT2D eigenvalue weighted by molar-refractivity contribution is 0.0936. The molecule has 0 amide bonds. The Labute approximate surface area is 211 Å². The van der Waals surface area contributed by atoms with Crippen LogP contribution in [-0.4, -0.2) is 64.4 Å². The molecule has 3 aromatic rings. The third-order valence-corrected chi connectivity index (χ3v) is 6.40. The number of rotatable bonds is 14. The molecule has 2 aromatic heterocycles. The Bertz CT molecular complexity index is 1080. The number of hydrogen-bond donors (Lipinski definition) is 3. The molecule has 0 saturated heterocycles. The molecular weight excluding hydrogens is 460 g/mol. The van der Waals surface area contributed by atoms with E-state index in [2.05, 4.69) is 26.5 Å². The van der Waals surface area contributed by atoms with Gasteiger partial charge in [0.15, 0.2) is 5.82 Å². The van der Waals surface area contributed by atoms with E-state index in [9.17, 15) is 5.11 Å². The van der Waals surface area contributed by atoms with E-state index in [-0.39, 0.29) is 6.61 Å². The summed E-state index contributed by atoms with van der Waals surface area (Å²) in [6, 6.07) is 9.87. The highest BCUT2D eigenvalue weighted by Gasteiger charge is 2.19. The highest BCUT2D eigenvalue weighted by Crippen LogP contribution is 2.30. The SMILES string of the molecule is Cc1cc(CCc2noc(-c3cccnc3OCC3CCCC3)n2)ccc1OCCNCC(O)CO. The molecule has 1 aliphatic rings. The molecule has 0 spiro atoms. The van der Waals surface area contributed by atoms with Crippen molar-refractivity contribution >= 4 is 0 Å². The zero-order valence-corrected chi connectivity index (χ0v) is 20.9.